The van der Waals surface area contributed by atoms with Gasteiger partial charge in [-0.3, -0.25) is 19.4 Å². The number of amides is 2. The summed E-state index contributed by atoms with van der Waals surface area (Å²) in [5, 5.41) is 0. The molecule has 0 fully saturated rings. The largest absolute Gasteiger partial charge is 0.456 e. The maximum atomic E-state index is 13.6. The number of aryl methyl sites for hydroxylation is 2. The summed E-state index contributed by atoms with van der Waals surface area (Å²) in [5.74, 6) is 1.35. The van der Waals surface area contributed by atoms with Crippen molar-refractivity contribution in [3.8, 4) is 23.0 Å². The Hall–Kier alpha value is -9.16. The molecule has 8 aromatic carbocycles. The first-order valence-corrected chi connectivity index (χ1v) is 24.7. The molecule has 4 heterocycles. The third-order valence-electron chi connectivity index (χ3n) is 15.5. The van der Waals surface area contributed by atoms with Crippen molar-refractivity contribution in [1.82, 2.24) is 0 Å². The monoisotopic (exact) mass is 992 g/mol. The van der Waals surface area contributed by atoms with Crippen molar-refractivity contribution in [3.63, 3.8) is 0 Å². The second kappa shape index (κ2) is 17.0. The van der Waals surface area contributed by atoms with E-state index in [1.807, 2.05) is 197 Å². The standard InChI is InChI=1S/C63H52N4O8/c1-37-29-55-51(62(47-15-11-9-13-45(47)59(70)74-62)49-27-25-43(64(5)6)31-57(49)72-55)33-53(37)66(35-68)41-21-17-39(18-22-41)61(3,4)40-19-23-42(24-20-40)67(36-69)54-34-52-56(30-38(54)2)73-58-32-44(65(7)8)26-28-50(58)63(52)48-16-12-10-14-46(48)60(71)75-63/h9-36H,1-8H3. The molecule has 12 rings (SSSR count). The first-order valence-electron chi connectivity index (χ1n) is 24.7. The number of esters is 2. The van der Waals surface area contributed by atoms with E-state index in [1.54, 1.807) is 21.9 Å². The molecule has 2 spiro atoms. The van der Waals surface area contributed by atoms with Gasteiger partial charge >= 0.3 is 11.9 Å². The van der Waals surface area contributed by atoms with Crippen molar-refractivity contribution in [2.75, 3.05) is 47.8 Å². The summed E-state index contributed by atoms with van der Waals surface area (Å²) in [5.41, 5.74) is 9.74. The molecule has 2 atom stereocenters. The minimum Gasteiger partial charge on any atom is -0.456 e. The minimum atomic E-state index is -1.31. The SMILES string of the molecule is Cc1cc2c(cc1N(C=O)c1ccc(C(C)(C)c3ccc(N(C=O)c4cc5c(cc4C)Oc4cc(N(C)C)ccc4C54OC(=O)c5ccccc54)cc3)cc1)C1(OC(=O)c3ccccc31)c1ccc(N(C)C)cc1O2. The van der Waals surface area contributed by atoms with E-state index in [0.717, 1.165) is 46.4 Å². The molecule has 4 aliphatic heterocycles. The van der Waals surface area contributed by atoms with Gasteiger partial charge in [0, 0.05) is 102 Å². The molecule has 4 aliphatic rings. The smallest absolute Gasteiger partial charge is 0.340 e. The van der Waals surface area contributed by atoms with Crippen LogP contribution < -0.4 is 29.1 Å². The maximum absolute atomic E-state index is 13.6. The number of hydrogen-bond donors (Lipinski definition) is 0. The van der Waals surface area contributed by atoms with Gasteiger partial charge in [0.15, 0.2) is 11.2 Å². The lowest BCUT2D eigenvalue weighted by molar-refractivity contribution is -0.107. The molecule has 0 N–H and O–H groups in total. The van der Waals surface area contributed by atoms with E-state index in [-0.39, 0.29) is 0 Å². The number of ether oxygens (including phenoxy) is 4. The zero-order valence-electron chi connectivity index (χ0n) is 42.7. The van der Waals surface area contributed by atoms with E-state index in [2.05, 4.69) is 13.8 Å². The van der Waals surface area contributed by atoms with Gasteiger partial charge in [-0.05, 0) is 121 Å². The highest BCUT2D eigenvalue weighted by molar-refractivity contribution is 5.99. The Kier molecular flexibility index (Phi) is 10.6. The molecule has 0 aliphatic carbocycles. The molecule has 0 bridgehead atoms. The van der Waals surface area contributed by atoms with Crippen LogP contribution in [0, 0.1) is 13.8 Å². The van der Waals surface area contributed by atoms with Gasteiger partial charge in [0.1, 0.15) is 23.0 Å². The van der Waals surface area contributed by atoms with Crippen LogP contribution in [0.4, 0.5) is 34.1 Å². The number of carbonyl (C=O) groups is 4. The molecule has 2 amide bonds. The fourth-order valence-electron chi connectivity index (χ4n) is 11.4. The number of anilines is 6. The van der Waals surface area contributed by atoms with Crippen LogP contribution in [0.2, 0.25) is 0 Å². The molecular weight excluding hydrogens is 941 g/mol. The fraction of sp³-hybridized carbons (Fsp3) is 0.175. The Morgan fingerprint density at radius 2 is 0.787 bits per heavy atom. The van der Waals surface area contributed by atoms with E-state index in [1.165, 1.54) is 0 Å². The van der Waals surface area contributed by atoms with Crippen molar-refractivity contribution in [1.29, 1.82) is 0 Å². The lowest BCUT2D eigenvalue weighted by atomic mass is 9.77. The normalized spacial score (nSPS) is 17.2. The summed E-state index contributed by atoms with van der Waals surface area (Å²) in [6.07, 6.45) is 1.59. The first kappa shape index (κ1) is 46.9. The van der Waals surface area contributed by atoms with Crippen molar-refractivity contribution in [2.45, 2.75) is 44.3 Å². The summed E-state index contributed by atoms with van der Waals surface area (Å²) in [6, 6.07) is 50.0. The molecule has 12 heteroatoms. The Labute approximate surface area is 434 Å². The zero-order valence-corrected chi connectivity index (χ0v) is 42.7. The number of hydrogen-bond acceptors (Lipinski definition) is 10. The predicted molar refractivity (Wildman–Crippen MR) is 289 cm³/mol. The molecule has 0 saturated heterocycles. The number of carbonyl (C=O) groups excluding carboxylic acids is 4. The highest BCUT2D eigenvalue weighted by atomic mass is 16.6. The van der Waals surface area contributed by atoms with Gasteiger partial charge < -0.3 is 28.7 Å². The lowest BCUT2D eigenvalue weighted by Crippen LogP contribution is -2.33. The Balaban J connectivity index is 0.854. The van der Waals surface area contributed by atoms with Crippen LogP contribution in [0.25, 0.3) is 0 Å². The van der Waals surface area contributed by atoms with Crippen molar-refractivity contribution < 1.29 is 38.1 Å². The van der Waals surface area contributed by atoms with Gasteiger partial charge in [-0.15, -0.1) is 0 Å². The molecular formula is C63H52N4O8. The molecule has 0 radical (unpaired) electrons. The van der Waals surface area contributed by atoms with Crippen molar-refractivity contribution in [3.05, 3.63) is 224 Å². The quantitative estimate of drug-likeness (QED) is 0.0968. The van der Waals surface area contributed by atoms with Crippen LogP contribution in [0.3, 0.4) is 0 Å². The Bertz CT molecular complexity index is 3490. The lowest BCUT2D eigenvalue weighted by Gasteiger charge is -2.38. The van der Waals surface area contributed by atoms with Crippen molar-refractivity contribution >= 4 is 58.9 Å². The molecule has 0 aromatic heterocycles. The summed E-state index contributed by atoms with van der Waals surface area (Å²) < 4.78 is 26.2. The van der Waals surface area contributed by atoms with E-state index in [0.29, 0.717) is 90.3 Å². The average molecular weight is 993 g/mol. The second-order valence-electron chi connectivity index (χ2n) is 20.5. The summed E-state index contributed by atoms with van der Waals surface area (Å²) in [6.45, 7) is 8.12. The van der Waals surface area contributed by atoms with Crippen LogP contribution in [0.15, 0.2) is 158 Å². The molecule has 0 saturated carbocycles. The van der Waals surface area contributed by atoms with Gasteiger partial charge in [-0.2, -0.15) is 0 Å². The highest BCUT2D eigenvalue weighted by Gasteiger charge is 2.55. The summed E-state index contributed by atoms with van der Waals surface area (Å²) in [4.78, 5) is 61.0. The predicted octanol–water partition coefficient (Wildman–Crippen LogP) is 12.5. The molecule has 372 valence electrons. The van der Waals surface area contributed by atoms with E-state index >= 15 is 0 Å². The zero-order chi connectivity index (χ0) is 52.3. The molecule has 12 nitrogen and oxygen atoms in total. The van der Waals surface area contributed by atoms with Gasteiger partial charge in [0.2, 0.25) is 12.8 Å². The number of rotatable bonds is 10. The molecule has 8 aromatic rings. The van der Waals surface area contributed by atoms with Crippen LogP contribution in [0.5, 0.6) is 23.0 Å². The Morgan fingerprint density at radius 3 is 1.16 bits per heavy atom. The van der Waals surface area contributed by atoms with Gasteiger partial charge in [0.25, 0.3) is 0 Å². The first-order chi connectivity index (χ1) is 36.1. The highest BCUT2D eigenvalue weighted by Crippen LogP contribution is 2.60. The summed E-state index contributed by atoms with van der Waals surface area (Å²) in [7, 11) is 7.83. The van der Waals surface area contributed by atoms with E-state index < -0.39 is 28.6 Å². The topological polar surface area (TPSA) is 118 Å². The second-order valence-corrected chi connectivity index (χ2v) is 20.5. The van der Waals surface area contributed by atoms with Gasteiger partial charge in [-0.25, -0.2) is 9.59 Å². The van der Waals surface area contributed by atoms with Gasteiger partial charge in [0.05, 0.1) is 22.5 Å². The number of nitrogens with zero attached hydrogens (tertiary/aromatic N) is 4. The van der Waals surface area contributed by atoms with Crippen LogP contribution in [0.1, 0.15) is 90.2 Å². The van der Waals surface area contributed by atoms with E-state index in [4.69, 9.17) is 18.9 Å². The third-order valence-corrected chi connectivity index (χ3v) is 15.5. The third kappa shape index (κ3) is 6.89. The van der Waals surface area contributed by atoms with Crippen LogP contribution in [-0.4, -0.2) is 52.9 Å². The van der Waals surface area contributed by atoms with Crippen LogP contribution >= 0.6 is 0 Å². The molecule has 2 unspecified atom stereocenters. The summed E-state index contributed by atoms with van der Waals surface area (Å²) >= 11 is 0. The van der Waals surface area contributed by atoms with Crippen molar-refractivity contribution in [2.24, 2.45) is 0 Å². The number of fused-ring (bicyclic) bond motifs is 12. The average Bonchev–Trinajstić information content (AvgIpc) is 3.88. The van der Waals surface area contributed by atoms with Crippen LogP contribution in [-0.2, 0) is 35.7 Å². The van der Waals surface area contributed by atoms with Gasteiger partial charge in [-0.1, -0.05) is 74.5 Å². The van der Waals surface area contributed by atoms with E-state index in [9.17, 15) is 19.2 Å². The maximum Gasteiger partial charge on any atom is 0.340 e. The fourth-order valence-corrected chi connectivity index (χ4v) is 11.4. The molecule has 75 heavy (non-hydrogen) atoms. The number of benzene rings is 8. The minimum absolute atomic E-state index is 0.436. The Morgan fingerprint density at radius 1 is 0.427 bits per heavy atom.